The minimum Gasteiger partial charge on any atom is -0.391 e. The van der Waals surface area contributed by atoms with Crippen LogP contribution in [0.25, 0.3) is 0 Å². The molecule has 27 heteroatoms. The first-order valence-corrected chi connectivity index (χ1v) is 33.9. The molecule has 0 radical (unpaired) electrons. The number of hydrogen-bond acceptors (Lipinski definition) is 15. The average molecular weight is 1330 g/mol. The molecule has 0 saturated heterocycles. The Balaban J connectivity index is 2.46. The van der Waals surface area contributed by atoms with Crippen molar-refractivity contribution in [3.05, 3.63) is 71.8 Å². The third kappa shape index (κ3) is 32.5. The van der Waals surface area contributed by atoms with E-state index in [9.17, 15) is 53.1 Å². The number of unbranched alkanes of at least 4 members (excludes halogenated alkanes) is 2. The van der Waals surface area contributed by atoms with Crippen molar-refractivity contribution in [2.75, 3.05) is 32.7 Å². The number of aliphatic hydroxyl groups excluding tert-OH is 1. The van der Waals surface area contributed by atoms with Crippen LogP contribution in [0.1, 0.15) is 177 Å². The first-order chi connectivity index (χ1) is 44.9. The van der Waals surface area contributed by atoms with Gasteiger partial charge >= 0.3 is 0 Å². The van der Waals surface area contributed by atoms with Crippen LogP contribution in [0.4, 0.5) is 0 Å². The smallest absolute Gasteiger partial charge is 0.245 e. The van der Waals surface area contributed by atoms with Crippen molar-refractivity contribution in [3.8, 4) is 0 Å². The number of primary amides is 1. The summed E-state index contributed by atoms with van der Waals surface area (Å²) < 4.78 is 0. The van der Waals surface area contributed by atoms with E-state index in [1.807, 2.05) is 116 Å². The van der Waals surface area contributed by atoms with Crippen molar-refractivity contribution in [2.45, 2.75) is 226 Å². The molecule has 0 spiro atoms. The van der Waals surface area contributed by atoms with Gasteiger partial charge in [-0.1, -0.05) is 136 Å². The first-order valence-electron chi connectivity index (χ1n) is 33.9. The Morgan fingerprint density at radius 3 is 1.18 bits per heavy atom. The molecule has 11 atom stereocenters. The van der Waals surface area contributed by atoms with Crippen LogP contribution in [0.3, 0.4) is 0 Å². The van der Waals surface area contributed by atoms with Crippen LogP contribution in [0.5, 0.6) is 0 Å². The number of nitrogens with two attached hydrogens (primary N) is 5. The summed E-state index contributed by atoms with van der Waals surface area (Å²) in [4.78, 5) is 145. The molecule has 534 valence electrons. The van der Waals surface area contributed by atoms with E-state index in [2.05, 4.69) is 58.2 Å². The molecular weight excluding hydrogens is 1220 g/mol. The second-order valence-corrected chi connectivity index (χ2v) is 26.5. The predicted molar refractivity (Wildman–Crippen MR) is 369 cm³/mol. The maximum absolute atomic E-state index is 14.7. The Kier molecular flexibility index (Phi) is 39.3. The highest BCUT2D eigenvalue weighted by atomic mass is 16.3. The quantitative estimate of drug-likeness (QED) is 0.0251. The fraction of sp³-hybridized carbons (Fsp3) is 0.662. The Morgan fingerprint density at radius 2 is 0.779 bits per heavy atom. The topological polar surface area (TPSA) is 454 Å². The highest BCUT2D eigenvalue weighted by Crippen LogP contribution is 2.24. The summed E-state index contributed by atoms with van der Waals surface area (Å²) >= 11 is 0. The van der Waals surface area contributed by atoms with Gasteiger partial charge in [0.15, 0.2) is 5.96 Å². The van der Waals surface area contributed by atoms with Gasteiger partial charge in [0.25, 0.3) is 0 Å². The zero-order valence-electron chi connectivity index (χ0n) is 58.1. The van der Waals surface area contributed by atoms with Crippen LogP contribution in [0.2, 0.25) is 0 Å². The molecule has 0 heterocycles. The zero-order chi connectivity index (χ0) is 71.3. The van der Waals surface area contributed by atoms with E-state index in [4.69, 9.17) is 28.7 Å². The third-order valence-electron chi connectivity index (χ3n) is 16.0. The normalized spacial score (nSPS) is 14.9. The van der Waals surface area contributed by atoms with Crippen molar-refractivity contribution < 1.29 is 53.1 Å². The van der Waals surface area contributed by atoms with Crippen LogP contribution in [0, 0.1) is 29.6 Å². The summed E-state index contributed by atoms with van der Waals surface area (Å²) in [6.45, 7) is 20.5. The number of nitrogens with zero attached hydrogens (tertiary/aromatic N) is 1. The largest absolute Gasteiger partial charge is 0.391 e. The SMILES string of the molecule is CC[C@H](C)[C@H](NC(=O)[C@H](CCCN=C(N)N)NC(=O)[C@H](CCCCN)NC(=O)[C@H](CC(C)C)NC(=O)[C@H](CC(C)C)NC(=O)CNCC(c1ccccc1)c1ccccc1)C(=O)N[C@@H](CCCCN)C(=O)N[C@H](C(=O)N[C@@H](CC(C)C)C(=O)N[C@@H](CC(C)C)C(N)=O)[C@@H](C)O. The van der Waals surface area contributed by atoms with Gasteiger partial charge in [-0.3, -0.25) is 52.9 Å². The molecule has 10 amide bonds. The molecule has 0 bridgehead atoms. The van der Waals surface area contributed by atoms with Gasteiger partial charge < -0.3 is 86.9 Å². The van der Waals surface area contributed by atoms with Gasteiger partial charge in [-0.15, -0.1) is 0 Å². The van der Waals surface area contributed by atoms with Crippen molar-refractivity contribution in [3.63, 3.8) is 0 Å². The molecule has 27 nitrogen and oxygen atoms in total. The minimum atomic E-state index is -1.64. The van der Waals surface area contributed by atoms with Gasteiger partial charge in [-0.05, 0) is 138 Å². The van der Waals surface area contributed by atoms with E-state index in [0.717, 1.165) is 11.1 Å². The number of benzene rings is 2. The van der Waals surface area contributed by atoms with Crippen molar-refractivity contribution in [1.82, 2.24) is 53.2 Å². The van der Waals surface area contributed by atoms with Crippen LogP contribution in [0.15, 0.2) is 65.7 Å². The van der Waals surface area contributed by atoms with Gasteiger partial charge in [0, 0.05) is 19.0 Å². The number of guanidine groups is 1. The van der Waals surface area contributed by atoms with E-state index in [0.29, 0.717) is 38.6 Å². The molecule has 2 aromatic rings. The highest BCUT2D eigenvalue weighted by molar-refractivity contribution is 5.98. The van der Waals surface area contributed by atoms with E-state index in [-0.39, 0.29) is 113 Å². The number of aliphatic hydroxyl groups is 1. The van der Waals surface area contributed by atoms with Crippen LogP contribution >= 0.6 is 0 Å². The number of nitrogens with one attached hydrogen (secondary N) is 10. The Morgan fingerprint density at radius 1 is 0.432 bits per heavy atom. The number of carbonyl (C=O) groups is 10. The number of amides is 10. The molecule has 21 N–H and O–H groups in total. The van der Waals surface area contributed by atoms with Gasteiger partial charge in [-0.25, -0.2) is 0 Å². The fourth-order valence-corrected chi connectivity index (χ4v) is 10.7. The molecule has 0 fully saturated rings. The lowest BCUT2D eigenvalue weighted by molar-refractivity contribution is -0.137. The molecule has 2 rings (SSSR count). The number of rotatable bonds is 47. The summed E-state index contributed by atoms with van der Waals surface area (Å²) in [6, 6.07) is 8.48. The number of carbonyl (C=O) groups excluding carboxylic acids is 10. The van der Waals surface area contributed by atoms with Gasteiger partial charge in [-0.2, -0.15) is 0 Å². The molecule has 0 aliphatic rings. The molecule has 0 aliphatic carbocycles. The summed E-state index contributed by atoms with van der Waals surface area (Å²) in [5.74, 6) is -8.49. The van der Waals surface area contributed by atoms with Crippen LogP contribution in [-0.4, -0.2) is 163 Å². The fourth-order valence-electron chi connectivity index (χ4n) is 10.7. The third-order valence-corrected chi connectivity index (χ3v) is 16.0. The summed E-state index contributed by atoms with van der Waals surface area (Å²) in [5, 5.41) is 38.9. The van der Waals surface area contributed by atoms with E-state index in [1.165, 1.54) is 6.92 Å². The zero-order valence-corrected chi connectivity index (χ0v) is 58.1. The molecular formula is C68H116N16O11. The van der Waals surface area contributed by atoms with Crippen molar-refractivity contribution in [2.24, 2.45) is 63.3 Å². The molecule has 0 aliphatic heterocycles. The van der Waals surface area contributed by atoms with E-state index >= 15 is 0 Å². The maximum Gasteiger partial charge on any atom is 0.245 e. The summed E-state index contributed by atoms with van der Waals surface area (Å²) in [6.07, 6.45) is 1.37. The van der Waals surface area contributed by atoms with Gasteiger partial charge in [0.1, 0.15) is 54.4 Å². The highest BCUT2D eigenvalue weighted by Gasteiger charge is 2.38. The maximum atomic E-state index is 14.7. The van der Waals surface area contributed by atoms with Crippen molar-refractivity contribution >= 4 is 65.0 Å². The van der Waals surface area contributed by atoms with Crippen LogP contribution in [-0.2, 0) is 47.9 Å². The molecule has 2 aromatic carbocycles. The standard InChI is InChI=1S/C68H116N16O11/c1-12-44(10)57(66(94)79-50(29-20-22-32-70)62(90)84-58(45(11)85)67(95)82-55(37-43(8)9)65(93)80-52(59(71)87)34-40(2)3)83-61(89)51(30-23-33-75-68(72)73)77-60(88)49(28-19-21-31-69)78-64(92)54(36-42(6)7)81-63(91)53(35-41(4)5)76-56(86)39-74-38-48(46-24-15-13-16-25-46)47-26-17-14-18-27-47/h13-18,24-27,40-45,48-55,57-58,74,85H,12,19-23,28-39,69-70H2,1-11H3,(H2,71,87)(H,76,86)(H,77,88)(H,78,92)(H,79,94)(H,80,93)(H,81,91)(H,82,95)(H,83,89)(H,84,90)(H4,72,73,75)/t44-,45+,49-,50-,51-,52-,53-,54-,55-,57-,58-/m0/s1. The van der Waals surface area contributed by atoms with Crippen LogP contribution < -0.4 is 81.8 Å². The predicted octanol–water partition coefficient (Wildman–Crippen LogP) is 1.18. The summed E-state index contributed by atoms with van der Waals surface area (Å²) in [7, 11) is 0. The Labute approximate surface area is 562 Å². The van der Waals surface area contributed by atoms with Gasteiger partial charge in [0.05, 0.1) is 12.6 Å². The minimum absolute atomic E-state index is 0.00816. The number of hydrogen-bond donors (Lipinski definition) is 16. The average Bonchev–Trinajstić information content (AvgIpc) is 0.976. The molecule has 95 heavy (non-hydrogen) atoms. The number of aliphatic imine (C=N–C) groups is 1. The van der Waals surface area contributed by atoms with Crippen molar-refractivity contribution in [1.29, 1.82) is 0 Å². The second-order valence-electron chi connectivity index (χ2n) is 26.5. The summed E-state index contributed by atoms with van der Waals surface area (Å²) in [5.41, 5.74) is 30.7. The van der Waals surface area contributed by atoms with E-state index in [1.54, 1.807) is 13.8 Å². The lowest BCUT2D eigenvalue weighted by atomic mass is 9.91. The van der Waals surface area contributed by atoms with Gasteiger partial charge in [0.2, 0.25) is 59.1 Å². The second kappa shape index (κ2) is 44.8. The lowest BCUT2D eigenvalue weighted by Crippen LogP contribution is -2.62. The molecule has 0 unspecified atom stereocenters. The first kappa shape index (κ1) is 83.3. The Bertz CT molecular complexity index is 2680. The Hall–Kier alpha value is -7.75. The molecule has 0 aromatic heterocycles. The monoisotopic (exact) mass is 1330 g/mol. The molecule has 0 saturated carbocycles. The van der Waals surface area contributed by atoms with E-state index < -0.39 is 125 Å². The lowest BCUT2D eigenvalue weighted by Gasteiger charge is -2.30.